The molecular weight excluding hydrogens is 238 g/mol. The van der Waals surface area contributed by atoms with E-state index in [-0.39, 0.29) is 6.04 Å². The molecule has 0 saturated carbocycles. The number of hydrogen-bond donors (Lipinski definition) is 1. The summed E-state index contributed by atoms with van der Waals surface area (Å²) in [5, 5.41) is 3.17. The summed E-state index contributed by atoms with van der Waals surface area (Å²) in [6, 6.07) is 3.45. The molecule has 0 aromatic heterocycles. The highest BCUT2D eigenvalue weighted by molar-refractivity contribution is 5.94. The Morgan fingerprint density at radius 3 is 2.61 bits per heavy atom. The maximum atomic E-state index is 13.5. The normalized spacial score (nSPS) is 19.6. The van der Waals surface area contributed by atoms with Gasteiger partial charge in [0.2, 0.25) is 0 Å². The predicted octanol–water partition coefficient (Wildman–Crippen LogP) is 1.79. The van der Waals surface area contributed by atoms with Crippen LogP contribution in [0.2, 0.25) is 0 Å². The van der Waals surface area contributed by atoms with Crippen LogP contribution < -0.4 is 5.32 Å². The molecule has 2 rings (SSSR count). The fraction of sp³-hybridized carbons (Fsp3) is 0.462. The minimum atomic E-state index is -0.810. The average molecular weight is 254 g/mol. The largest absolute Gasteiger partial charge is 0.337 e. The van der Waals surface area contributed by atoms with Gasteiger partial charge in [-0.2, -0.15) is 0 Å². The Hall–Kier alpha value is -1.49. The quantitative estimate of drug-likeness (QED) is 0.872. The highest BCUT2D eigenvalue weighted by Gasteiger charge is 2.26. The fourth-order valence-electron chi connectivity index (χ4n) is 2.21. The molecule has 3 nitrogen and oxygen atoms in total. The molecule has 1 aromatic carbocycles. The first kappa shape index (κ1) is 13.0. The van der Waals surface area contributed by atoms with E-state index in [0.717, 1.165) is 31.5 Å². The summed E-state index contributed by atoms with van der Waals surface area (Å²) >= 11 is 0. The number of nitrogens with one attached hydrogen (secondary N) is 1. The van der Waals surface area contributed by atoms with Crippen molar-refractivity contribution in [2.75, 3.05) is 20.1 Å². The number of amides is 1. The van der Waals surface area contributed by atoms with E-state index in [2.05, 4.69) is 5.32 Å². The van der Waals surface area contributed by atoms with Crippen LogP contribution in [-0.4, -0.2) is 37.0 Å². The number of piperidine rings is 1. The molecule has 1 aliphatic rings. The lowest BCUT2D eigenvalue weighted by molar-refractivity contribution is 0.0698. The number of benzene rings is 1. The van der Waals surface area contributed by atoms with E-state index in [4.69, 9.17) is 0 Å². The third-order valence-electron chi connectivity index (χ3n) is 3.32. The highest BCUT2D eigenvalue weighted by Crippen LogP contribution is 2.17. The number of carbonyl (C=O) groups excluding carboxylic acids is 1. The number of carbonyl (C=O) groups is 1. The second kappa shape index (κ2) is 5.44. The molecule has 1 fully saturated rings. The summed E-state index contributed by atoms with van der Waals surface area (Å²) in [6.07, 6.45) is 1.81. The highest BCUT2D eigenvalue weighted by atomic mass is 19.1. The van der Waals surface area contributed by atoms with Crippen LogP contribution in [0, 0.1) is 11.6 Å². The molecule has 1 heterocycles. The maximum Gasteiger partial charge on any atom is 0.259 e. The summed E-state index contributed by atoms with van der Waals surface area (Å²) in [7, 11) is 1.59. The number of hydrogen-bond acceptors (Lipinski definition) is 2. The molecule has 0 radical (unpaired) electrons. The molecule has 0 spiro atoms. The summed E-state index contributed by atoms with van der Waals surface area (Å²) < 4.78 is 27.1. The van der Waals surface area contributed by atoms with Gasteiger partial charge >= 0.3 is 0 Å². The lowest BCUT2D eigenvalue weighted by Gasteiger charge is -2.31. The van der Waals surface area contributed by atoms with Gasteiger partial charge in [-0.25, -0.2) is 8.78 Å². The Morgan fingerprint density at radius 1 is 1.39 bits per heavy atom. The number of halogens is 2. The molecule has 1 aliphatic heterocycles. The van der Waals surface area contributed by atoms with Crippen molar-refractivity contribution in [2.24, 2.45) is 0 Å². The zero-order chi connectivity index (χ0) is 13.1. The van der Waals surface area contributed by atoms with Crippen molar-refractivity contribution in [1.82, 2.24) is 10.2 Å². The second-order valence-electron chi connectivity index (χ2n) is 4.51. The SMILES string of the molecule is CN(C(=O)c1c(F)cccc1F)C1CCCNC1. The van der Waals surface area contributed by atoms with E-state index in [0.29, 0.717) is 6.54 Å². The molecule has 1 amide bonds. The van der Waals surface area contributed by atoms with Crippen LogP contribution in [0.3, 0.4) is 0 Å². The average Bonchev–Trinajstić information content (AvgIpc) is 2.38. The van der Waals surface area contributed by atoms with E-state index < -0.39 is 23.1 Å². The van der Waals surface area contributed by atoms with Gasteiger partial charge in [-0.3, -0.25) is 4.79 Å². The molecule has 1 atom stereocenters. The molecular formula is C13H16F2N2O. The first-order valence-electron chi connectivity index (χ1n) is 6.03. The standard InChI is InChI=1S/C13H16F2N2O/c1-17(9-4-3-7-16-8-9)13(18)12-10(14)5-2-6-11(12)15/h2,5-6,9,16H,3-4,7-8H2,1H3. The van der Waals surface area contributed by atoms with Gasteiger partial charge in [0.25, 0.3) is 5.91 Å². The Morgan fingerprint density at radius 2 is 2.06 bits per heavy atom. The summed E-state index contributed by atoms with van der Waals surface area (Å²) in [5.41, 5.74) is -0.467. The molecule has 0 aliphatic carbocycles. The molecule has 98 valence electrons. The van der Waals surface area contributed by atoms with Gasteiger partial charge in [0.05, 0.1) is 0 Å². The first-order chi connectivity index (χ1) is 8.61. The Labute approximate surface area is 105 Å². The molecule has 1 saturated heterocycles. The lowest BCUT2D eigenvalue weighted by Crippen LogP contribution is -2.47. The van der Waals surface area contributed by atoms with Crippen LogP contribution in [0.4, 0.5) is 8.78 Å². The van der Waals surface area contributed by atoms with Crippen molar-refractivity contribution < 1.29 is 13.6 Å². The zero-order valence-corrected chi connectivity index (χ0v) is 10.2. The summed E-state index contributed by atoms with van der Waals surface area (Å²) in [4.78, 5) is 13.5. The monoisotopic (exact) mass is 254 g/mol. The van der Waals surface area contributed by atoms with Crippen LogP contribution in [0.1, 0.15) is 23.2 Å². The fourth-order valence-corrected chi connectivity index (χ4v) is 2.21. The number of rotatable bonds is 2. The Balaban J connectivity index is 2.19. The second-order valence-corrected chi connectivity index (χ2v) is 4.51. The molecule has 18 heavy (non-hydrogen) atoms. The Bertz CT molecular complexity index is 424. The van der Waals surface area contributed by atoms with Gasteiger partial charge in [0, 0.05) is 19.6 Å². The summed E-state index contributed by atoms with van der Waals surface area (Å²) in [5.74, 6) is -2.22. The molecule has 1 N–H and O–H groups in total. The topological polar surface area (TPSA) is 32.3 Å². The van der Waals surface area contributed by atoms with Crippen LogP contribution in [-0.2, 0) is 0 Å². The van der Waals surface area contributed by atoms with Gasteiger partial charge in [-0.1, -0.05) is 6.07 Å². The van der Waals surface area contributed by atoms with Crippen molar-refractivity contribution in [3.05, 3.63) is 35.4 Å². The first-order valence-corrected chi connectivity index (χ1v) is 6.03. The van der Waals surface area contributed by atoms with Gasteiger partial charge in [-0.05, 0) is 31.5 Å². The smallest absolute Gasteiger partial charge is 0.259 e. The van der Waals surface area contributed by atoms with Crippen molar-refractivity contribution in [3.63, 3.8) is 0 Å². The zero-order valence-electron chi connectivity index (χ0n) is 10.2. The van der Waals surface area contributed by atoms with Gasteiger partial charge in [-0.15, -0.1) is 0 Å². The molecule has 1 unspecified atom stereocenters. The van der Waals surface area contributed by atoms with E-state index in [1.807, 2.05) is 0 Å². The molecule has 1 aromatic rings. The third-order valence-corrected chi connectivity index (χ3v) is 3.32. The minimum Gasteiger partial charge on any atom is -0.337 e. The number of nitrogens with zero attached hydrogens (tertiary/aromatic N) is 1. The number of likely N-dealkylation sites (N-methyl/N-ethyl adjacent to an activating group) is 1. The van der Waals surface area contributed by atoms with Crippen LogP contribution in [0.25, 0.3) is 0 Å². The lowest BCUT2D eigenvalue weighted by atomic mass is 10.0. The van der Waals surface area contributed by atoms with E-state index >= 15 is 0 Å². The molecule has 0 bridgehead atoms. The minimum absolute atomic E-state index is 0.00902. The van der Waals surface area contributed by atoms with Gasteiger partial charge < -0.3 is 10.2 Å². The van der Waals surface area contributed by atoms with Crippen molar-refractivity contribution in [2.45, 2.75) is 18.9 Å². The van der Waals surface area contributed by atoms with Crippen LogP contribution in [0.15, 0.2) is 18.2 Å². The van der Waals surface area contributed by atoms with E-state index in [1.54, 1.807) is 7.05 Å². The third kappa shape index (κ3) is 2.51. The summed E-state index contributed by atoms with van der Waals surface area (Å²) in [6.45, 7) is 1.59. The van der Waals surface area contributed by atoms with Gasteiger partial charge in [0.1, 0.15) is 17.2 Å². The van der Waals surface area contributed by atoms with Crippen molar-refractivity contribution >= 4 is 5.91 Å². The van der Waals surface area contributed by atoms with E-state index in [9.17, 15) is 13.6 Å². The van der Waals surface area contributed by atoms with Crippen LogP contribution in [0.5, 0.6) is 0 Å². The predicted molar refractivity (Wildman–Crippen MR) is 64.3 cm³/mol. The molecule has 5 heteroatoms. The van der Waals surface area contributed by atoms with Crippen molar-refractivity contribution in [1.29, 1.82) is 0 Å². The van der Waals surface area contributed by atoms with Crippen LogP contribution >= 0.6 is 0 Å². The Kier molecular flexibility index (Phi) is 3.91. The van der Waals surface area contributed by atoms with E-state index in [1.165, 1.54) is 11.0 Å². The maximum absolute atomic E-state index is 13.5. The van der Waals surface area contributed by atoms with Crippen molar-refractivity contribution in [3.8, 4) is 0 Å². The van der Waals surface area contributed by atoms with Gasteiger partial charge in [0.15, 0.2) is 0 Å².